The van der Waals surface area contributed by atoms with Crippen molar-refractivity contribution in [2.45, 2.75) is 12.8 Å². The molecule has 74 valence electrons. The van der Waals surface area contributed by atoms with E-state index in [2.05, 4.69) is 6.92 Å². The lowest BCUT2D eigenvalue weighted by Crippen LogP contribution is -2.06. The quantitative estimate of drug-likeness (QED) is 0.795. The van der Waals surface area contributed by atoms with Gasteiger partial charge in [-0.3, -0.25) is 0 Å². The molecule has 0 radical (unpaired) electrons. The molecular weight excluding hydrogens is 194 g/mol. The Kier molecular flexibility index (Phi) is 2.44. The topological polar surface area (TPSA) is 46.2 Å². The average molecular weight is 207 g/mol. The average Bonchev–Trinajstić information content (AvgIpc) is 2.62. The molecule has 3 N–H and O–H groups in total. The fraction of sp³-hybridized carbons (Fsp3) is 0.273. The molecule has 0 fully saturated rings. The number of phenols is 1. The van der Waals surface area contributed by atoms with Gasteiger partial charge in [-0.25, -0.2) is 0 Å². The molecule has 2 aromatic rings. The number of nitrogens with two attached hydrogens (primary N) is 1. The van der Waals surface area contributed by atoms with Gasteiger partial charge in [0.15, 0.2) is 0 Å². The zero-order valence-corrected chi connectivity index (χ0v) is 8.84. The van der Waals surface area contributed by atoms with Crippen molar-refractivity contribution in [2.24, 2.45) is 5.73 Å². The van der Waals surface area contributed by atoms with Gasteiger partial charge in [-0.1, -0.05) is 13.0 Å². The van der Waals surface area contributed by atoms with Gasteiger partial charge in [-0.05, 0) is 24.7 Å². The van der Waals surface area contributed by atoms with Gasteiger partial charge in [0.1, 0.15) is 5.75 Å². The highest BCUT2D eigenvalue weighted by Gasteiger charge is 2.09. The summed E-state index contributed by atoms with van der Waals surface area (Å²) in [5.74, 6) is 0.723. The van der Waals surface area contributed by atoms with Crippen LogP contribution >= 0.6 is 11.3 Å². The first kappa shape index (κ1) is 9.49. The lowest BCUT2D eigenvalue weighted by atomic mass is 10.1. The SMILES string of the molecule is CC(CN)c1cc2c(O)cccc2s1. The minimum absolute atomic E-state index is 0.356. The van der Waals surface area contributed by atoms with Gasteiger partial charge in [0.25, 0.3) is 0 Å². The number of hydrogen-bond acceptors (Lipinski definition) is 3. The van der Waals surface area contributed by atoms with Gasteiger partial charge >= 0.3 is 0 Å². The van der Waals surface area contributed by atoms with Crippen molar-refractivity contribution < 1.29 is 5.11 Å². The summed E-state index contributed by atoms with van der Waals surface area (Å²) in [6.45, 7) is 2.75. The normalized spacial score (nSPS) is 13.3. The van der Waals surface area contributed by atoms with Crippen LogP contribution in [0.2, 0.25) is 0 Å². The monoisotopic (exact) mass is 207 g/mol. The highest BCUT2D eigenvalue weighted by molar-refractivity contribution is 7.19. The highest BCUT2D eigenvalue weighted by atomic mass is 32.1. The maximum Gasteiger partial charge on any atom is 0.124 e. The molecule has 1 heterocycles. The molecule has 0 spiro atoms. The summed E-state index contributed by atoms with van der Waals surface area (Å²) < 4.78 is 1.13. The van der Waals surface area contributed by atoms with Crippen molar-refractivity contribution in [3.63, 3.8) is 0 Å². The number of thiophene rings is 1. The molecule has 2 nitrogen and oxygen atoms in total. The summed E-state index contributed by atoms with van der Waals surface area (Å²) in [4.78, 5) is 1.24. The van der Waals surface area contributed by atoms with Gasteiger partial charge in [0.05, 0.1) is 0 Å². The maximum atomic E-state index is 9.61. The van der Waals surface area contributed by atoms with Crippen LogP contribution in [0.25, 0.3) is 10.1 Å². The van der Waals surface area contributed by atoms with Crippen LogP contribution in [0, 0.1) is 0 Å². The summed E-state index contributed by atoms with van der Waals surface area (Å²) in [6, 6.07) is 7.64. The molecule has 1 aromatic heterocycles. The lowest BCUT2D eigenvalue weighted by Gasteiger charge is -2.02. The van der Waals surface area contributed by atoms with Crippen LogP contribution in [-0.2, 0) is 0 Å². The van der Waals surface area contributed by atoms with E-state index in [1.54, 1.807) is 17.4 Å². The van der Waals surface area contributed by atoms with E-state index in [0.717, 1.165) is 10.1 Å². The van der Waals surface area contributed by atoms with Gasteiger partial charge < -0.3 is 10.8 Å². The van der Waals surface area contributed by atoms with Crippen LogP contribution in [0.3, 0.4) is 0 Å². The molecule has 14 heavy (non-hydrogen) atoms. The van der Waals surface area contributed by atoms with E-state index < -0.39 is 0 Å². The van der Waals surface area contributed by atoms with Gasteiger partial charge in [0.2, 0.25) is 0 Å². The van der Waals surface area contributed by atoms with E-state index in [-0.39, 0.29) is 0 Å². The fourth-order valence-corrected chi connectivity index (χ4v) is 2.57. The van der Waals surface area contributed by atoms with E-state index in [0.29, 0.717) is 18.2 Å². The molecule has 2 rings (SSSR count). The summed E-state index contributed by atoms with van der Waals surface area (Å²) >= 11 is 1.70. The predicted molar refractivity (Wildman–Crippen MR) is 61.0 cm³/mol. The fourth-order valence-electron chi connectivity index (χ4n) is 1.42. The van der Waals surface area contributed by atoms with Crippen LogP contribution in [0.5, 0.6) is 5.75 Å². The molecule has 0 amide bonds. The number of phenolic OH excluding ortho intramolecular Hbond substituents is 1. The Bertz CT molecular complexity index is 449. The first-order chi connectivity index (χ1) is 6.72. The zero-order valence-electron chi connectivity index (χ0n) is 8.03. The van der Waals surface area contributed by atoms with E-state index in [4.69, 9.17) is 5.73 Å². The van der Waals surface area contributed by atoms with Crippen molar-refractivity contribution in [3.8, 4) is 5.75 Å². The largest absolute Gasteiger partial charge is 0.507 e. The molecule has 1 unspecified atom stereocenters. The lowest BCUT2D eigenvalue weighted by molar-refractivity contribution is 0.482. The standard InChI is InChI=1S/C11H13NOS/c1-7(6-12)11-5-8-9(13)3-2-4-10(8)14-11/h2-5,7,13H,6,12H2,1H3. The number of benzene rings is 1. The first-order valence-corrected chi connectivity index (χ1v) is 5.45. The van der Waals surface area contributed by atoms with Crippen LogP contribution in [0.4, 0.5) is 0 Å². The second-order valence-corrected chi connectivity index (χ2v) is 4.59. The minimum Gasteiger partial charge on any atom is -0.507 e. The first-order valence-electron chi connectivity index (χ1n) is 4.64. The Labute approximate surface area is 87.0 Å². The Morgan fingerprint density at radius 2 is 2.29 bits per heavy atom. The third-order valence-electron chi connectivity index (χ3n) is 2.40. The van der Waals surface area contributed by atoms with E-state index >= 15 is 0 Å². The van der Waals surface area contributed by atoms with Crippen LogP contribution in [0.15, 0.2) is 24.3 Å². The molecular formula is C11H13NOS. The molecule has 0 saturated carbocycles. The van der Waals surface area contributed by atoms with Crippen molar-refractivity contribution >= 4 is 21.4 Å². The highest BCUT2D eigenvalue weighted by Crippen LogP contribution is 2.34. The van der Waals surface area contributed by atoms with Gasteiger partial charge in [0, 0.05) is 20.9 Å². The van der Waals surface area contributed by atoms with Gasteiger partial charge in [-0.15, -0.1) is 11.3 Å². The third-order valence-corrected chi connectivity index (χ3v) is 3.73. The molecule has 0 aliphatic rings. The number of hydrogen-bond donors (Lipinski definition) is 2. The molecule has 1 aromatic carbocycles. The summed E-state index contributed by atoms with van der Waals surface area (Å²) in [5.41, 5.74) is 5.61. The number of aromatic hydroxyl groups is 1. The van der Waals surface area contributed by atoms with Crippen LogP contribution in [-0.4, -0.2) is 11.7 Å². The van der Waals surface area contributed by atoms with Crippen LogP contribution in [0.1, 0.15) is 17.7 Å². The molecule has 0 bridgehead atoms. The van der Waals surface area contributed by atoms with Crippen molar-refractivity contribution in [1.29, 1.82) is 0 Å². The molecule has 0 aliphatic heterocycles. The van der Waals surface area contributed by atoms with Crippen molar-refractivity contribution in [1.82, 2.24) is 0 Å². The molecule has 0 saturated heterocycles. The van der Waals surface area contributed by atoms with E-state index in [9.17, 15) is 5.11 Å². The Morgan fingerprint density at radius 1 is 1.50 bits per heavy atom. The summed E-state index contributed by atoms with van der Waals surface area (Å²) in [7, 11) is 0. The summed E-state index contributed by atoms with van der Waals surface area (Å²) in [6.07, 6.45) is 0. The number of rotatable bonds is 2. The second-order valence-electron chi connectivity index (χ2n) is 3.47. The Hall–Kier alpha value is -1.06. The predicted octanol–water partition coefficient (Wildman–Crippen LogP) is 2.67. The summed E-state index contributed by atoms with van der Waals surface area (Å²) in [5, 5.41) is 10.6. The minimum atomic E-state index is 0.356. The van der Waals surface area contributed by atoms with E-state index in [1.165, 1.54) is 4.88 Å². The Morgan fingerprint density at radius 3 is 2.93 bits per heavy atom. The van der Waals surface area contributed by atoms with Gasteiger partial charge in [-0.2, -0.15) is 0 Å². The van der Waals surface area contributed by atoms with E-state index in [1.807, 2.05) is 18.2 Å². The smallest absolute Gasteiger partial charge is 0.124 e. The Balaban J connectivity index is 2.56. The zero-order chi connectivity index (χ0) is 10.1. The third kappa shape index (κ3) is 1.49. The van der Waals surface area contributed by atoms with Crippen molar-refractivity contribution in [3.05, 3.63) is 29.1 Å². The maximum absolute atomic E-state index is 9.61. The number of fused-ring (bicyclic) bond motifs is 1. The molecule has 0 aliphatic carbocycles. The molecule has 3 heteroatoms. The second kappa shape index (κ2) is 3.59. The van der Waals surface area contributed by atoms with Crippen molar-refractivity contribution in [2.75, 3.05) is 6.54 Å². The van der Waals surface area contributed by atoms with Crippen LogP contribution < -0.4 is 5.73 Å². The molecule has 1 atom stereocenters.